The smallest absolute Gasteiger partial charge is 0.254 e. The molecule has 0 saturated heterocycles. The SMILES string of the molecule is CCC(C)N(Cc1cccc(OCc2ccccc2)c1)C(=O)c1ccc(Cl)cc1. The van der Waals surface area contributed by atoms with E-state index >= 15 is 0 Å². The number of ether oxygens (including phenoxy) is 1. The van der Waals surface area contributed by atoms with Crippen molar-refractivity contribution in [2.75, 3.05) is 0 Å². The summed E-state index contributed by atoms with van der Waals surface area (Å²) in [6, 6.07) is 25.2. The fraction of sp³-hybridized carbons (Fsp3) is 0.240. The van der Waals surface area contributed by atoms with Crippen molar-refractivity contribution in [2.24, 2.45) is 0 Å². The first kappa shape index (κ1) is 20.9. The van der Waals surface area contributed by atoms with Crippen LogP contribution in [0.3, 0.4) is 0 Å². The van der Waals surface area contributed by atoms with Gasteiger partial charge in [-0.1, -0.05) is 61.0 Å². The monoisotopic (exact) mass is 407 g/mol. The lowest BCUT2D eigenvalue weighted by Gasteiger charge is -2.29. The maximum Gasteiger partial charge on any atom is 0.254 e. The van der Waals surface area contributed by atoms with Gasteiger partial charge in [0.05, 0.1) is 0 Å². The Balaban J connectivity index is 1.73. The zero-order valence-corrected chi connectivity index (χ0v) is 17.6. The first-order valence-electron chi connectivity index (χ1n) is 9.89. The second-order valence-electron chi connectivity index (χ2n) is 7.12. The van der Waals surface area contributed by atoms with Gasteiger partial charge in [0.1, 0.15) is 12.4 Å². The van der Waals surface area contributed by atoms with Gasteiger partial charge in [0, 0.05) is 23.2 Å². The average molecular weight is 408 g/mol. The molecule has 0 N–H and O–H groups in total. The summed E-state index contributed by atoms with van der Waals surface area (Å²) >= 11 is 5.97. The van der Waals surface area contributed by atoms with Crippen molar-refractivity contribution in [1.82, 2.24) is 4.90 Å². The van der Waals surface area contributed by atoms with Crippen molar-refractivity contribution >= 4 is 17.5 Å². The van der Waals surface area contributed by atoms with Crippen LogP contribution in [0.25, 0.3) is 0 Å². The predicted molar refractivity (Wildman–Crippen MR) is 118 cm³/mol. The summed E-state index contributed by atoms with van der Waals surface area (Å²) in [5, 5.41) is 0.625. The zero-order valence-electron chi connectivity index (χ0n) is 16.8. The van der Waals surface area contributed by atoms with Crippen LogP contribution in [0, 0.1) is 0 Å². The standard InChI is InChI=1S/C25H26ClNO2/c1-3-19(2)27(25(28)22-12-14-23(26)15-13-22)17-21-10-7-11-24(16-21)29-18-20-8-5-4-6-9-20/h4-16,19H,3,17-18H2,1-2H3. The molecule has 0 aliphatic rings. The van der Waals surface area contributed by atoms with Crippen LogP contribution in [-0.4, -0.2) is 16.8 Å². The van der Waals surface area contributed by atoms with Gasteiger partial charge in [0.2, 0.25) is 0 Å². The van der Waals surface area contributed by atoms with E-state index in [0.717, 1.165) is 23.3 Å². The lowest BCUT2D eigenvalue weighted by molar-refractivity contribution is 0.0671. The Bertz CT molecular complexity index is 925. The third-order valence-electron chi connectivity index (χ3n) is 4.97. The van der Waals surface area contributed by atoms with E-state index < -0.39 is 0 Å². The Morgan fingerprint density at radius 3 is 2.34 bits per heavy atom. The summed E-state index contributed by atoms with van der Waals surface area (Å²) in [5.41, 5.74) is 2.81. The molecule has 0 bridgehead atoms. The fourth-order valence-corrected chi connectivity index (χ4v) is 3.20. The number of hydrogen-bond donors (Lipinski definition) is 0. The molecule has 0 aromatic heterocycles. The highest BCUT2D eigenvalue weighted by atomic mass is 35.5. The minimum absolute atomic E-state index is 0.00613. The Morgan fingerprint density at radius 1 is 0.966 bits per heavy atom. The van der Waals surface area contributed by atoms with Crippen LogP contribution in [0.1, 0.15) is 41.8 Å². The van der Waals surface area contributed by atoms with Gasteiger partial charge in [-0.15, -0.1) is 0 Å². The van der Waals surface area contributed by atoms with Crippen LogP contribution in [0.5, 0.6) is 5.75 Å². The summed E-state index contributed by atoms with van der Waals surface area (Å²) in [4.78, 5) is 15.0. The molecule has 1 atom stereocenters. The Morgan fingerprint density at radius 2 is 1.66 bits per heavy atom. The summed E-state index contributed by atoms with van der Waals surface area (Å²) in [5.74, 6) is 0.807. The maximum atomic E-state index is 13.1. The van der Waals surface area contributed by atoms with Gasteiger partial charge in [-0.2, -0.15) is 0 Å². The summed E-state index contributed by atoms with van der Waals surface area (Å²) in [7, 11) is 0. The highest BCUT2D eigenvalue weighted by Gasteiger charge is 2.21. The number of rotatable bonds is 8. The molecular weight excluding hydrogens is 382 g/mol. The van der Waals surface area contributed by atoms with E-state index in [4.69, 9.17) is 16.3 Å². The molecule has 1 amide bonds. The van der Waals surface area contributed by atoms with Gasteiger partial charge in [0.15, 0.2) is 0 Å². The van der Waals surface area contributed by atoms with Gasteiger partial charge >= 0.3 is 0 Å². The average Bonchev–Trinajstić information content (AvgIpc) is 2.76. The number of carbonyl (C=O) groups excluding carboxylic acids is 1. The Kier molecular flexibility index (Phi) is 7.31. The summed E-state index contributed by atoms with van der Waals surface area (Å²) < 4.78 is 5.94. The van der Waals surface area contributed by atoms with E-state index in [-0.39, 0.29) is 11.9 Å². The van der Waals surface area contributed by atoms with Crippen LogP contribution in [0.15, 0.2) is 78.9 Å². The van der Waals surface area contributed by atoms with Gasteiger partial charge in [-0.3, -0.25) is 4.79 Å². The Labute approximate surface area is 177 Å². The molecule has 3 aromatic rings. The molecule has 3 nitrogen and oxygen atoms in total. The van der Waals surface area contributed by atoms with Gasteiger partial charge < -0.3 is 9.64 Å². The predicted octanol–water partition coefficient (Wildman–Crippen LogP) is 6.36. The molecule has 0 saturated carbocycles. The molecule has 150 valence electrons. The molecule has 0 spiro atoms. The number of amides is 1. The molecule has 29 heavy (non-hydrogen) atoms. The molecule has 0 aliphatic heterocycles. The van der Waals surface area contributed by atoms with Gasteiger partial charge in [-0.25, -0.2) is 0 Å². The fourth-order valence-electron chi connectivity index (χ4n) is 3.08. The number of halogens is 1. The topological polar surface area (TPSA) is 29.5 Å². The van der Waals surface area contributed by atoms with Crippen molar-refractivity contribution in [2.45, 2.75) is 39.5 Å². The number of benzene rings is 3. The largest absolute Gasteiger partial charge is 0.489 e. The van der Waals surface area contributed by atoms with Crippen LogP contribution < -0.4 is 4.74 Å². The van der Waals surface area contributed by atoms with Crippen molar-refractivity contribution in [1.29, 1.82) is 0 Å². The zero-order chi connectivity index (χ0) is 20.6. The summed E-state index contributed by atoms with van der Waals surface area (Å²) in [6.07, 6.45) is 0.878. The number of carbonyl (C=O) groups is 1. The minimum atomic E-state index is 0.00613. The molecule has 3 rings (SSSR count). The minimum Gasteiger partial charge on any atom is -0.489 e. The van der Waals surface area contributed by atoms with Crippen molar-refractivity contribution in [3.05, 3.63) is 101 Å². The normalized spacial score (nSPS) is 11.7. The van der Waals surface area contributed by atoms with Crippen LogP contribution in [0.4, 0.5) is 0 Å². The maximum absolute atomic E-state index is 13.1. The van der Waals surface area contributed by atoms with Crippen molar-refractivity contribution < 1.29 is 9.53 Å². The van der Waals surface area contributed by atoms with E-state index in [2.05, 4.69) is 13.8 Å². The third-order valence-corrected chi connectivity index (χ3v) is 5.23. The van der Waals surface area contributed by atoms with E-state index in [1.807, 2.05) is 59.5 Å². The van der Waals surface area contributed by atoms with E-state index in [0.29, 0.717) is 23.7 Å². The molecule has 0 radical (unpaired) electrons. The van der Waals surface area contributed by atoms with Gasteiger partial charge in [-0.05, 0) is 60.9 Å². The van der Waals surface area contributed by atoms with E-state index in [1.54, 1.807) is 24.3 Å². The highest BCUT2D eigenvalue weighted by molar-refractivity contribution is 6.30. The van der Waals surface area contributed by atoms with Crippen LogP contribution in [0.2, 0.25) is 5.02 Å². The molecular formula is C25H26ClNO2. The van der Waals surface area contributed by atoms with Crippen molar-refractivity contribution in [3.8, 4) is 5.75 Å². The molecule has 0 aliphatic carbocycles. The molecule has 1 unspecified atom stereocenters. The molecule has 3 aromatic carbocycles. The summed E-state index contributed by atoms with van der Waals surface area (Å²) in [6.45, 7) is 5.21. The third kappa shape index (κ3) is 5.85. The second kappa shape index (κ2) is 10.1. The Hall–Kier alpha value is -2.78. The molecule has 4 heteroatoms. The first-order chi connectivity index (χ1) is 14.1. The van der Waals surface area contributed by atoms with Gasteiger partial charge in [0.25, 0.3) is 5.91 Å². The van der Waals surface area contributed by atoms with Crippen LogP contribution >= 0.6 is 11.6 Å². The lowest BCUT2D eigenvalue weighted by atomic mass is 10.1. The molecule has 0 fully saturated rings. The highest BCUT2D eigenvalue weighted by Crippen LogP contribution is 2.20. The first-order valence-corrected chi connectivity index (χ1v) is 10.3. The van der Waals surface area contributed by atoms with E-state index in [9.17, 15) is 4.79 Å². The quantitative estimate of drug-likeness (QED) is 0.434. The second-order valence-corrected chi connectivity index (χ2v) is 7.56. The number of nitrogens with zero attached hydrogens (tertiary/aromatic N) is 1. The van der Waals surface area contributed by atoms with Crippen molar-refractivity contribution in [3.63, 3.8) is 0 Å². The number of hydrogen-bond acceptors (Lipinski definition) is 2. The lowest BCUT2D eigenvalue weighted by Crippen LogP contribution is -2.37. The molecule has 0 heterocycles. The van der Waals surface area contributed by atoms with E-state index in [1.165, 1.54) is 0 Å². The van der Waals surface area contributed by atoms with Crippen LogP contribution in [-0.2, 0) is 13.2 Å².